The Hall–Kier alpha value is -4.29. The summed E-state index contributed by atoms with van der Waals surface area (Å²) in [5, 5.41) is 23.7. The summed E-state index contributed by atoms with van der Waals surface area (Å²) in [5.74, 6) is -0.119. The first-order valence-corrected chi connectivity index (χ1v) is 14.0. The molecule has 3 heterocycles. The van der Waals surface area contributed by atoms with Crippen LogP contribution in [-0.2, 0) is 16.8 Å². The number of rotatable bonds is 8. The van der Waals surface area contributed by atoms with Gasteiger partial charge in [0.2, 0.25) is 11.7 Å². The second kappa shape index (κ2) is 10.1. The number of tetrazole rings is 1. The Balaban J connectivity index is 1.21. The summed E-state index contributed by atoms with van der Waals surface area (Å²) in [6.07, 6.45) is 1.79. The fourth-order valence-electron chi connectivity index (χ4n) is 4.55. The first-order chi connectivity index (χ1) is 18.9. The Kier molecular flexibility index (Phi) is 6.49. The smallest absolute Gasteiger partial charge is 0.252 e. The molecule has 2 amide bonds. The van der Waals surface area contributed by atoms with Crippen LogP contribution >= 0.6 is 22.7 Å². The SMILES string of the molecule is Cc1nc(C)c(-c2csc(NC(=O)Cc3cc(C(=O)NC4(c5ccccc5)CC4)cc(-c4nn[nH]n4)c3)n2)s1. The number of nitrogens with one attached hydrogen (secondary N) is 3. The molecule has 1 aliphatic carbocycles. The van der Waals surface area contributed by atoms with Gasteiger partial charge in [0.15, 0.2) is 5.13 Å². The second-order valence-corrected chi connectivity index (χ2v) is 11.5. The van der Waals surface area contributed by atoms with Gasteiger partial charge in [0.1, 0.15) is 0 Å². The van der Waals surface area contributed by atoms with Gasteiger partial charge < -0.3 is 10.6 Å². The predicted octanol–water partition coefficient (Wildman–Crippen LogP) is 4.66. The molecule has 3 aromatic heterocycles. The predicted molar refractivity (Wildman–Crippen MR) is 149 cm³/mol. The maximum Gasteiger partial charge on any atom is 0.252 e. The van der Waals surface area contributed by atoms with Crippen molar-refractivity contribution >= 4 is 39.6 Å². The first kappa shape index (κ1) is 25.0. The molecule has 0 unspecified atom stereocenters. The van der Waals surface area contributed by atoms with Crippen LogP contribution in [0.5, 0.6) is 0 Å². The monoisotopic (exact) mass is 556 g/mol. The molecule has 0 radical (unpaired) electrons. The lowest BCUT2D eigenvalue weighted by molar-refractivity contribution is -0.115. The van der Waals surface area contributed by atoms with Crippen LogP contribution in [-0.4, -0.2) is 42.4 Å². The molecule has 5 aromatic rings. The molecule has 2 aromatic carbocycles. The molecule has 0 atom stereocenters. The molecule has 1 aliphatic rings. The number of carbonyl (C=O) groups excluding carboxylic acids is 2. The van der Waals surface area contributed by atoms with E-state index in [1.165, 1.54) is 11.3 Å². The van der Waals surface area contributed by atoms with Crippen molar-refractivity contribution in [3.8, 4) is 22.0 Å². The number of aromatic amines is 1. The van der Waals surface area contributed by atoms with Crippen molar-refractivity contribution < 1.29 is 9.59 Å². The Morgan fingerprint density at radius 2 is 1.90 bits per heavy atom. The van der Waals surface area contributed by atoms with Crippen LogP contribution in [0, 0.1) is 13.8 Å². The van der Waals surface area contributed by atoms with Crippen LogP contribution < -0.4 is 10.6 Å². The molecule has 0 saturated heterocycles. The highest BCUT2D eigenvalue weighted by Gasteiger charge is 2.45. The van der Waals surface area contributed by atoms with Crippen LogP contribution in [0.15, 0.2) is 53.9 Å². The molecular formula is C27H24N8O2S2. The molecule has 0 bridgehead atoms. The van der Waals surface area contributed by atoms with E-state index in [9.17, 15) is 9.59 Å². The second-order valence-electron chi connectivity index (χ2n) is 9.47. The van der Waals surface area contributed by atoms with Crippen molar-refractivity contribution in [2.45, 2.75) is 38.6 Å². The van der Waals surface area contributed by atoms with Crippen LogP contribution in [0.4, 0.5) is 5.13 Å². The van der Waals surface area contributed by atoms with Crippen molar-refractivity contribution in [2.75, 3.05) is 5.32 Å². The zero-order valence-electron chi connectivity index (χ0n) is 21.2. The number of hydrogen-bond donors (Lipinski definition) is 3. The average molecular weight is 557 g/mol. The van der Waals surface area contributed by atoms with Crippen molar-refractivity contribution in [3.63, 3.8) is 0 Å². The summed E-state index contributed by atoms with van der Waals surface area (Å²) < 4.78 is 0. The zero-order chi connectivity index (χ0) is 27.0. The van der Waals surface area contributed by atoms with Gasteiger partial charge in [-0.05, 0) is 61.2 Å². The topological polar surface area (TPSA) is 138 Å². The number of thiazole rings is 2. The van der Waals surface area contributed by atoms with Gasteiger partial charge >= 0.3 is 0 Å². The summed E-state index contributed by atoms with van der Waals surface area (Å²) in [4.78, 5) is 36.4. The van der Waals surface area contributed by atoms with E-state index in [0.717, 1.165) is 39.7 Å². The lowest BCUT2D eigenvalue weighted by Crippen LogP contribution is -2.34. The molecule has 3 N–H and O–H groups in total. The standard InChI is InChI=1S/C27H24N8O2S2/c1-15-23(39-16(2)28-15)21-14-38-26(29-21)30-22(36)12-17-10-18(24-32-34-35-33-24)13-19(11-17)25(37)31-27(8-9-27)20-6-4-3-5-7-20/h3-7,10-11,13-14H,8-9,12H2,1-2H3,(H,31,37)(H,29,30,36)(H,32,33,34,35). The number of benzene rings is 2. The van der Waals surface area contributed by atoms with Crippen LogP contribution in [0.2, 0.25) is 0 Å². The summed E-state index contributed by atoms with van der Waals surface area (Å²) in [5.41, 5.74) is 4.10. The van der Waals surface area contributed by atoms with Gasteiger partial charge in [0, 0.05) is 16.5 Å². The summed E-state index contributed by atoms with van der Waals surface area (Å²) in [7, 11) is 0. The third-order valence-corrected chi connectivity index (χ3v) is 8.39. The Labute approximate surface area is 231 Å². The molecular weight excluding hydrogens is 532 g/mol. The van der Waals surface area contributed by atoms with Crippen LogP contribution in [0.25, 0.3) is 22.0 Å². The van der Waals surface area contributed by atoms with E-state index in [4.69, 9.17) is 0 Å². The largest absolute Gasteiger partial charge is 0.343 e. The van der Waals surface area contributed by atoms with Gasteiger partial charge in [-0.3, -0.25) is 9.59 Å². The lowest BCUT2D eigenvalue weighted by atomic mass is 10.0. The first-order valence-electron chi connectivity index (χ1n) is 12.3. The summed E-state index contributed by atoms with van der Waals surface area (Å²) >= 11 is 2.94. The maximum absolute atomic E-state index is 13.4. The lowest BCUT2D eigenvalue weighted by Gasteiger charge is -2.18. The van der Waals surface area contributed by atoms with Gasteiger partial charge in [-0.2, -0.15) is 5.21 Å². The quantitative estimate of drug-likeness (QED) is 0.253. The number of nitrogens with zero attached hydrogens (tertiary/aromatic N) is 5. The number of aryl methyl sites for hydroxylation is 2. The van der Waals surface area contributed by atoms with Crippen molar-refractivity contribution in [1.29, 1.82) is 0 Å². The van der Waals surface area contributed by atoms with E-state index in [2.05, 4.69) is 41.2 Å². The van der Waals surface area contributed by atoms with Crippen molar-refractivity contribution in [3.05, 3.63) is 81.3 Å². The molecule has 1 saturated carbocycles. The number of hydrogen-bond acceptors (Lipinski definition) is 9. The maximum atomic E-state index is 13.4. The van der Waals surface area contributed by atoms with Gasteiger partial charge in [-0.25, -0.2) is 9.97 Å². The number of carbonyl (C=O) groups is 2. The number of amides is 2. The van der Waals surface area contributed by atoms with Crippen LogP contribution in [0.1, 0.15) is 45.0 Å². The van der Waals surface area contributed by atoms with Crippen LogP contribution in [0.3, 0.4) is 0 Å². The molecule has 10 nitrogen and oxygen atoms in total. The summed E-state index contributed by atoms with van der Waals surface area (Å²) in [6, 6.07) is 15.2. The minimum absolute atomic E-state index is 0.0450. The van der Waals surface area contributed by atoms with E-state index in [-0.39, 0.29) is 23.8 Å². The fourth-order valence-corrected chi connectivity index (χ4v) is 6.22. The molecule has 196 valence electrons. The van der Waals surface area contributed by atoms with E-state index >= 15 is 0 Å². The molecule has 0 aliphatic heterocycles. The average Bonchev–Trinajstić information content (AvgIpc) is 3.27. The van der Waals surface area contributed by atoms with Gasteiger partial charge in [-0.15, -0.1) is 32.9 Å². The normalized spacial score (nSPS) is 13.7. The highest BCUT2D eigenvalue weighted by atomic mass is 32.1. The third kappa shape index (κ3) is 5.33. The molecule has 12 heteroatoms. The molecule has 39 heavy (non-hydrogen) atoms. The molecule has 1 fully saturated rings. The Bertz CT molecular complexity index is 1660. The van der Waals surface area contributed by atoms with Gasteiger partial charge in [-0.1, -0.05) is 30.3 Å². The van der Waals surface area contributed by atoms with Gasteiger partial charge in [0.25, 0.3) is 5.91 Å². The fraction of sp³-hybridized carbons (Fsp3) is 0.222. The minimum atomic E-state index is -0.366. The highest BCUT2D eigenvalue weighted by molar-refractivity contribution is 7.16. The Morgan fingerprint density at radius 1 is 1.08 bits per heavy atom. The highest BCUT2D eigenvalue weighted by Crippen LogP contribution is 2.45. The third-order valence-electron chi connectivity index (χ3n) is 6.54. The molecule has 6 rings (SSSR count). The van der Waals surface area contributed by atoms with E-state index < -0.39 is 0 Å². The number of aromatic nitrogens is 6. The van der Waals surface area contributed by atoms with Crippen molar-refractivity contribution in [1.82, 2.24) is 35.9 Å². The van der Waals surface area contributed by atoms with E-state index in [0.29, 0.717) is 27.6 Å². The minimum Gasteiger partial charge on any atom is -0.343 e. The molecule has 0 spiro atoms. The van der Waals surface area contributed by atoms with E-state index in [1.54, 1.807) is 29.5 Å². The van der Waals surface area contributed by atoms with Gasteiger partial charge in [0.05, 0.1) is 33.2 Å². The number of H-pyrrole nitrogens is 1. The van der Waals surface area contributed by atoms with Crippen molar-refractivity contribution in [2.24, 2.45) is 0 Å². The zero-order valence-corrected chi connectivity index (χ0v) is 22.8. The number of anilines is 1. The Morgan fingerprint density at radius 3 is 2.59 bits per heavy atom. The summed E-state index contributed by atoms with van der Waals surface area (Å²) in [6.45, 7) is 3.91. The van der Waals surface area contributed by atoms with E-state index in [1.807, 2.05) is 49.6 Å².